The molecule has 5 aromatic rings. The molecule has 1 N–H and O–H groups in total. The predicted octanol–water partition coefficient (Wildman–Crippen LogP) is 7.34. The molecule has 0 saturated carbocycles. The van der Waals surface area contributed by atoms with E-state index in [1.807, 2.05) is 48.5 Å². The Kier molecular flexibility index (Phi) is 7.75. The molecule has 0 saturated heterocycles. The van der Waals surface area contributed by atoms with Gasteiger partial charge in [0.05, 0.1) is 18.2 Å². The number of thiophene rings is 1. The Hall–Kier alpha value is -4.50. The van der Waals surface area contributed by atoms with Crippen molar-refractivity contribution in [2.75, 3.05) is 12.4 Å². The second kappa shape index (κ2) is 11.8. The van der Waals surface area contributed by atoms with E-state index in [-0.39, 0.29) is 0 Å². The molecule has 0 fully saturated rings. The number of aromatic nitrogens is 1. The number of nitrogens with one attached hydrogen (secondary N) is 1. The number of nitrogens with zero attached hydrogens (tertiary/aromatic N) is 1. The molecule has 6 rings (SSSR count). The fourth-order valence-electron chi connectivity index (χ4n) is 5.49. The van der Waals surface area contributed by atoms with E-state index >= 15 is 0 Å². The van der Waals surface area contributed by atoms with Crippen LogP contribution in [-0.2, 0) is 27.1 Å². The van der Waals surface area contributed by atoms with Crippen molar-refractivity contribution in [2.24, 2.45) is 0 Å². The van der Waals surface area contributed by atoms with Crippen molar-refractivity contribution in [3.8, 4) is 11.5 Å². The summed E-state index contributed by atoms with van der Waals surface area (Å²) in [6, 6.07) is 18.4. The molecular weight excluding hydrogens is 552 g/mol. The first-order valence-corrected chi connectivity index (χ1v) is 14.9. The van der Waals surface area contributed by atoms with Gasteiger partial charge in [0, 0.05) is 15.8 Å². The molecule has 3 aromatic carbocycles. The van der Waals surface area contributed by atoms with Crippen LogP contribution in [0.4, 0.5) is 5.00 Å². The molecule has 9 heteroatoms. The molecule has 0 bridgehead atoms. The summed E-state index contributed by atoms with van der Waals surface area (Å²) in [6.45, 7) is 1.52. The predicted molar refractivity (Wildman–Crippen MR) is 162 cm³/mol. The number of hydrogen-bond donors (Lipinski definition) is 1. The fraction of sp³-hybridized carbons (Fsp3) is 0.273. The van der Waals surface area contributed by atoms with Gasteiger partial charge in [0.2, 0.25) is 5.89 Å². The topological polar surface area (TPSA) is 108 Å². The largest absolute Gasteiger partial charge is 0.465 e. The van der Waals surface area contributed by atoms with Crippen molar-refractivity contribution in [3.63, 3.8) is 0 Å². The lowest BCUT2D eigenvalue weighted by atomic mass is 9.96. The fourth-order valence-corrected chi connectivity index (χ4v) is 6.77. The summed E-state index contributed by atoms with van der Waals surface area (Å²) in [5.41, 5.74) is 3.65. The van der Waals surface area contributed by atoms with E-state index in [9.17, 15) is 14.4 Å². The number of rotatable bonds is 6. The van der Waals surface area contributed by atoms with E-state index in [1.165, 1.54) is 25.4 Å². The van der Waals surface area contributed by atoms with Gasteiger partial charge in [-0.2, -0.15) is 0 Å². The maximum atomic E-state index is 13.5. The summed E-state index contributed by atoms with van der Waals surface area (Å²) < 4.78 is 16.8. The Morgan fingerprint density at radius 2 is 1.69 bits per heavy atom. The number of esters is 2. The zero-order chi connectivity index (χ0) is 29.2. The lowest BCUT2D eigenvalue weighted by Gasteiger charge is -2.15. The van der Waals surface area contributed by atoms with Crippen LogP contribution >= 0.6 is 11.3 Å². The number of fused-ring (bicyclic) bond motifs is 3. The number of carbonyl (C=O) groups is 3. The minimum Gasteiger partial charge on any atom is -0.465 e. The number of hydrogen-bond acceptors (Lipinski definition) is 8. The van der Waals surface area contributed by atoms with Crippen LogP contribution in [0, 0.1) is 0 Å². The van der Waals surface area contributed by atoms with Crippen LogP contribution in [0.15, 0.2) is 65.1 Å². The molecule has 0 aliphatic heterocycles. The first kappa shape index (κ1) is 27.7. The van der Waals surface area contributed by atoms with Crippen LogP contribution in [-0.4, -0.2) is 36.0 Å². The minimum atomic E-state index is -1.13. The highest BCUT2D eigenvalue weighted by atomic mass is 32.1. The van der Waals surface area contributed by atoms with Crippen molar-refractivity contribution in [2.45, 2.75) is 51.6 Å². The third kappa shape index (κ3) is 5.27. The van der Waals surface area contributed by atoms with E-state index in [0.29, 0.717) is 44.1 Å². The summed E-state index contributed by atoms with van der Waals surface area (Å²) in [5.74, 6) is -1.27. The van der Waals surface area contributed by atoms with E-state index in [0.717, 1.165) is 54.4 Å². The molecule has 1 aliphatic carbocycles. The van der Waals surface area contributed by atoms with Gasteiger partial charge in [-0.3, -0.25) is 4.79 Å². The van der Waals surface area contributed by atoms with Gasteiger partial charge in [0.1, 0.15) is 10.5 Å². The molecule has 0 spiro atoms. The van der Waals surface area contributed by atoms with Crippen molar-refractivity contribution >= 4 is 56.1 Å². The summed E-state index contributed by atoms with van der Waals surface area (Å²) in [4.78, 5) is 45.3. The summed E-state index contributed by atoms with van der Waals surface area (Å²) in [5, 5.41) is 4.71. The Bertz CT molecular complexity index is 1780. The Morgan fingerprint density at radius 1 is 0.929 bits per heavy atom. The molecule has 2 heterocycles. The molecule has 1 aliphatic rings. The minimum absolute atomic E-state index is 0.291. The standard InChI is InChI=1S/C33H30N2O6S/c1-19(29(36)35-31-28(33(38)39-2)21-13-5-3-4-6-18-26(21)42-31)40-32(37)23-15-10-12-20-11-9-14-22(27(20)23)30-34-24-16-7-8-17-25(24)41-30/h7-12,14-17,19H,3-6,13,18H2,1-2H3,(H,35,36). The number of oxazole rings is 1. The second-order valence-corrected chi connectivity index (χ2v) is 11.5. The van der Waals surface area contributed by atoms with Crippen LogP contribution in [0.3, 0.4) is 0 Å². The number of benzene rings is 3. The van der Waals surface area contributed by atoms with Crippen LogP contribution in [0.2, 0.25) is 0 Å². The number of para-hydroxylation sites is 2. The van der Waals surface area contributed by atoms with Crippen LogP contribution in [0.1, 0.15) is 63.8 Å². The average molecular weight is 583 g/mol. The van der Waals surface area contributed by atoms with Crippen LogP contribution < -0.4 is 5.32 Å². The highest BCUT2D eigenvalue weighted by Gasteiger charge is 2.28. The molecule has 1 unspecified atom stereocenters. The number of amides is 1. The first-order valence-electron chi connectivity index (χ1n) is 14.1. The van der Waals surface area contributed by atoms with Crippen LogP contribution in [0.25, 0.3) is 33.3 Å². The molecular formula is C33H30N2O6S. The number of carbonyl (C=O) groups excluding carboxylic acids is 3. The molecule has 2 aromatic heterocycles. The van der Waals surface area contributed by atoms with Gasteiger partial charge in [-0.1, -0.05) is 49.2 Å². The third-order valence-corrected chi connectivity index (χ3v) is 8.81. The van der Waals surface area contributed by atoms with E-state index in [4.69, 9.17) is 13.9 Å². The quantitative estimate of drug-likeness (QED) is 0.209. The van der Waals surface area contributed by atoms with Gasteiger partial charge in [0.15, 0.2) is 11.7 Å². The van der Waals surface area contributed by atoms with Gasteiger partial charge >= 0.3 is 11.9 Å². The zero-order valence-corrected chi connectivity index (χ0v) is 24.2. The van der Waals surface area contributed by atoms with Gasteiger partial charge in [-0.25, -0.2) is 14.6 Å². The van der Waals surface area contributed by atoms with Gasteiger partial charge in [0.25, 0.3) is 5.91 Å². The third-order valence-electron chi connectivity index (χ3n) is 7.60. The molecule has 1 atom stereocenters. The number of aryl methyl sites for hydroxylation is 1. The van der Waals surface area contributed by atoms with Crippen LogP contribution in [0.5, 0.6) is 0 Å². The normalized spacial score (nSPS) is 14.0. The van der Waals surface area contributed by atoms with Crippen molar-refractivity contribution < 1.29 is 28.3 Å². The van der Waals surface area contributed by atoms with Crippen molar-refractivity contribution in [1.82, 2.24) is 4.98 Å². The first-order chi connectivity index (χ1) is 20.4. The summed E-state index contributed by atoms with van der Waals surface area (Å²) in [6.07, 6.45) is 4.75. The highest BCUT2D eigenvalue weighted by Crippen LogP contribution is 2.38. The Morgan fingerprint density at radius 3 is 2.48 bits per heavy atom. The molecule has 1 amide bonds. The average Bonchev–Trinajstić information content (AvgIpc) is 3.57. The van der Waals surface area contributed by atoms with E-state index < -0.39 is 23.9 Å². The Balaban J connectivity index is 1.27. The van der Waals surface area contributed by atoms with E-state index in [1.54, 1.807) is 12.1 Å². The number of ether oxygens (including phenoxy) is 2. The molecule has 8 nitrogen and oxygen atoms in total. The number of anilines is 1. The van der Waals surface area contributed by atoms with E-state index in [2.05, 4.69) is 10.3 Å². The Labute approximate surface area is 246 Å². The number of methoxy groups -OCH3 is 1. The monoisotopic (exact) mass is 582 g/mol. The second-order valence-electron chi connectivity index (χ2n) is 10.3. The molecule has 42 heavy (non-hydrogen) atoms. The zero-order valence-electron chi connectivity index (χ0n) is 23.4. The van der Waals surface area contributed by atoms with Gasteiger partial charge in [-0.15, -0.1) is 11.3 Å². The SMILES string of the molecule is COC(=O)c1c(NC(=O)C(C)OC(=O)c2cccc3cccc(-c4nc5ccccc5o4)c23)sc2c1CCCCCC2. The maximum absolute atomic E-state index is 13.5. The smallest absolute Gasteiger partial charge is 0.341 e. The summed E-state index contributed by atoms with van der Waals surface area (Å²) in [7, 11) is 1.34. The van der Waals surface area contributed by atoms with Gasteiger partial charge < -0.3 is 19.2 Å². The highest BCUT2D eigenvalue weighted by molar-refractivity contribution is 7.17. The summed E-state index contributed by atoms with van der Waals surface area (Å²) >= 11 is 1.40. The lowest BCUT2D eigenvalue weighted by Crippen LogP contribution is -2.30. The molecule has 0 radical (unpaired) electrons. The lowest BCUT2D eigenvalue weighted by molar-refractivity contribution is -0.123. The maximum Gasteiger partial charge on any atom is 0.341 e. The molecule has 214 valence electrons. The van der Waals surface area contributed by atoms with Crippen molar-refractivity contribution in [1.29, 1.82) is 0 Å². The van der Waals surface area contributed by atoms with Gasteiger partial charge in [-0.05, 0) is 67.8 Å². The van der Waals surface area contributed by atoms with Crippen molar-refractivity contribution in [3.05, 3.63) is 82.2 Å².